The Morgan fingerprint density at radius 3 is 2.12 bits per heavy atom. The van der Waals surface area contributed by atoms with Gasteiger partial charge >= 0.3 is 0 Å². The molecule has 15 nitrogen and oxygen atoms in total. The Morgan fingerprint density at radius 1 is 0.679 bits per heavy atom. The lowest BCUT2D eigenvalue weighted by atomic mass is 9.84. The van der Waals surface area contributed by atoms with E-state index in [0.717, 1.165) is 48.8 Å². The lowest BCUT2D eigenvalue weighted by molar-refractivity contribution is -0.132. The van der Waals surface area contributed by atoms with Crippen LogP contribution in [0.5, 0.6) is 0 Å². The van der Waals surface area contributed by atoms with Crippen molar-refractivity contribution in [2.75, 3.05) is 13.1 Å². The van der Waals surface area contributed by atoms with E-state index >= 15 is 0 Å². The minimum atomic E-state index is -0.950. The largest absolute Gasteiger partial charge is 0.370 e. The van der Waals surface area contributed by atoms with E-state index in [1.54, 1.807) is 6.07 Å². The molecule has 306 valence electrons. The molecule has 5 amide bonds. The van der Waals surface area contributed by atoms with Crippen molar-refractivity contribution in [2.24, 2.45) is 33.8 Å². The Bertz CT molecular complexity index is 1640. The zero-order chi connectivity index (χ0) is 40.3. The molecule has 0 aromatic heterocycles. The van der Waals surface area contributed by atoms with Gasteiger partial charge in [0, 0.05) is 26.1 Å². The first-order valence-corrected chi connectivity index (χ1v) is 20.1. The van der Waals surface area contributed by atoms with Crippen LogP contribution in [-0.4, -0.2) is 72.8 Å². The molecular weight excluding hydrogens is 713 g/mol. The average Bonchev–Trinajstić information content (AvgIpc) is 3.18. The third kappa shape index (κ3) is 14.9. The minimum absolute atomic E-state index is 0.00913. The van der Waals surface area contributed by atoms with Gasteiger partial charge in [0.2, 0.25) is 29.5 Å². The second-order valence-corrected chi connectivity index (χ2v) is 15.1. The number of unbranched alkanes of at least 4 members (excludes halogenated alkanes) is 1. The molecular formula is C41H62N10O5. The highest BCUT2D eigenvalue weighted by Crippen LogP contribution is 2.27. The van der Waals surface area contributed by atoms with Crippen LogP contribution in [0.25, 0.3) is 0 Å². The van der Waals surface area contributed by atoms with Crippen LogP contribution in [0.1, 0.15) is 99.3 Å². The maximum atomic E-state index is 13.8. The second kappa shape index (κ2) is 23.1. The van der Waals surface area contributed by atoms with Crippen LogP contribution in [0, 0.1) is 5.92 Å². The standard InChI is InChI=1S/C41H62N10O5/c42-18-6-4-16-32-39(55)50-35(23-28-12-8-14-30(20-28)25-43)37(53)46-19-7-5-17-33(51-41(44)45)40(56)49-34(22-27-10-2-1-3-11-27)38(54)47-26-31-15-9-13-29(21-31)24-36(52)48-32/h8-9,12-15,20-21,27,32-35H,1-7,10-11,16-19,22-26,42-43H2,(H,46,53)(H,47,54)(H,48,52)(H,49,56)(H,50,55)(H4,44,45,51)/t32-,33+,34+,35-/m0/s1. The van der Waals surface area contributed by atoms with E-state index in [0.29, 0.717) is 63.1 Å². The van der Waals surface area contributed by atoms with Gasteiger partial charge in [-0.05, 0) is 79.7 Å². The molecule has 2 bridgehead atoms. The summed E-state index contributed by atoms with van der Waals surface area (Å²) in [6.45, 7) is 1.20. The Labute approximate surface area is 330 Å². The quantitative estimate of drug-likeness (QED) is 0.0948. The smallest absolute Gasteiger partial charge is 0.245 e. The van der Waals surface area contributed by atoms with E-state index in [2.05, 4.69) is 31.6 Å². The summed E-state index contributed by atoms with van der Waals surface area (Å²) in [5.41, 5.74) is 26.3. The molecule has 4 rings (SSSR count). The van der Waals surface area contributed by atoms with Crippen molar-refractivity contribution in [1.82, 2.24) is 26.6 Å². The molecule has 1 heterocycles. The van der Waals surface area contributed by atoms with E-state index in [-0.39, 0.29) is 50.1 Å². The molecule has 4 atom stereocenters. The number of guanidine groups is 1. The van der Waals surface area contributed by atoms with Gasteiger partial charge in [0.05, 0.1) is 6.42 Å². The summed E-state index contributed by atoms with van der Waals surface area (Å²) in [4.78, 5) is 72.6. The molecule has 1 aliphatic heterocycles. The number of nitrogens with one attached hydrogen (secondary N) is 5. The van der Waals surface area contributed by atoms with Gasteiger partial charge < -0.3 is 49.5 Å². The average molecular weight is 775 g/mol. The number of hydrogen-bond donors (Lipinski definition) is 9. The monoisotopic (exact) mass is 774 g/mol. The number of aliphatic imine (C=N–C) groups is 1. The van der Waals surface area contributed by atoms with Gasteiger partial charge in [-0.2, -0.15) is 0 Å². The molecule has 13 N–H and O–H groups in total. The summed E-state index contributed by atoms with van der Waals surface area (Å²) < 4.78 is 0. The van der Waals surface area contributed by atoms with Gasteiger partial charge in [-0.25, -0.2) is 4.99 Å². The normalized spacial score (nSPS) is 22.8. The van der Waals surface area contributed by atoms with Crippen molar-refractivity contribution in [1.29, 1.82) is 0 Å². The summed E-state index contributed by atoms with van der Waals surface area (Å²) in [7, 11) is 0. The number of fused-ring (bicyclic) bond motifs is 2. The third-order valence-corrected chi connectivity index (χ3v) is 10.5. The van der Waals surface area contributed by atoms with Crippen LogP contribution < -0.4 is 49.5 Å². The molecule has 1 saturated carbocycles. The molecule has 56 heavy (non-hydrogen) atoms. The van der Waals surface area contributed by atoms with Crippen LogP contribution in [0.4, 0.5) is 0 Å². The number of amides is 5. The van der Waals surface area contributed by atoms with E-state index in [4.69, 9.17) is 22.9 Å². The minimum Gasteiger partial charge on any atom is -0.370 e. The predicted octanol–water partition coefficient (Wildman–Crippen LogP) is 1.04. The highest BCUT2D eigenvalue weighted by atomic mass is 16.2. The van der Waals surface area contributed by atoms with Gasteiger partial charge in [0.15, 0.2) is 5.96 Å². The summed E-state index contributed by atoms with van der Waals surface area (Å²) in [5, 5.41) is 14.7. The first-order valence-electron chi connectivity index (χ1n) is 20.1. The molecule has 2 aromatic rings. The first kappa shape index (κ1) is 43.7. The fourth-order valence-electron chi connectivity index (χ4n) is 7.44. The third-order valence-electron chi connectivity index (χ3n) is 10.5. The number of nitrogens with zero attached hydrogens (tertiary/aromatic N) is 1. The van der Waals surface area contributed by atoms with Gasteiger partial charge in [-0.3, -0.25) is 24.0 Å². The van der Waals surface area contributed by atoms with E-state index in [1.165, 1.54) is 0 Å². The fourth-order valence-corrected chi connectivity index (χ4v) is 7.44. The van der Waals surface area contributed by atoms with E-state index in [1.807, 2.05) is 42.5 Å². The molecule has 0 spiro atoms. The summed E-state index contributed by atoms with van der Waals surface area (Å²) in [6.07, 6.45) is 8.83. The number of rotatable bonds is 10. The van der Waals surface area contributed by atoms with Crippen LogP contribution in [0.2, 0.25) is 0 Å². The molecule has 1 aliphatic carbocycles. The van der Waals surface area contributed by atoms with Crippen LogP contribution in [0.15, 0.2) is 53.5 Å². The Balaban J connectivity index is 1.60. The summed E-state index contributed by atoms with van der Waals surface area (Å²) >= 11 is 0. The van der Waals surface area contributed by atoms with E-state index in [9.17, 15) is 24.0 Å². The molecule has 2 aromatic carbocycles. The summed E-state index contributed by atoms with van der Waals surface area (Å²) in [6, 6.07) is 11.2. The molecule has 0 unspecified atom stereocenters. The first-order chi connectivity index (χ1) is 27.0. The Kier molecular flexibility index (Phi) is 18.1. The van der Waals surface area contributed by atoms with Crippen molar-refractivity contribution in [3.05, 3.63) is 70.8 Å². The van der Waals surface area contributed by atoms with Gasteiger partial charge in [0.1, 0.15) is 24.2 Å². The number of hydrogen-bond acceptors (Lipinski definition) is 8. The topological polar surface area (TPSA) is 262 Å². The van der Waals surface area contributed by atoms with Gasteiger partial charge in [-0.15, -0.1) is 0 Å². The Hall–Kier alpha value is -5.02. The van der Waals surface area contributed by atoms with E-state index < -0.39 is 41.9 Å². The van der Waals surface area contributed by atoms with Crippen molar-refractivity contribution in [2.45, 2.75) is 127 Å². The maximum Gasteiger partial charge on any atom is 0.245 e. The number of benzene rings is 2. The van der Waals surface area contributed by atoms with Crippen molar-refractivity contribution < 1.29 is 24.0 Å². The molecule has 0 saturated heterocycles. The summed E-state index contributed by atoms with van der Waals surface area (Å²) in [5.74, 6) is -1.94. The van der Waals surface area contributed by atoms with Crippen LogP contribution in [-0.2, 0) is 49.9 Å². The molecule has 15 heteroatoms. The molecule has 0 radical (unpaired) electrons. The highest BCUT2D eigenvalue weighted by molar-refractivity contribution is 5.93. The maximum absolute atomic E-state index is 13.8. The predicted molar refractivity (Wildman–Crippen MR) is 216 cm³/mol. The molecule has 1 fully saturated rings. The number of carbonyl (C=O) groups excluding carboxylic acids is 5. The molecule has 2 aliphatic rings. The lowest BCUT2D eigenvalue weighted by Crippen LogP contribution is -2.54. The van der Waals surface area contributed by atoms with Crippen LogP contribution >= 0.6 is 0 Å². The van der Waals surface area contributed by atoms with Crippen molar-refractivity contribution in [3.63, 3.8) is 0 Å². The second-order valence-electron chi connectivity index (χ2n) is 15.1. The van der Waals surface area contributed by atoms with Crippen LogP contribution in [0.3, 0.4) is 0 Å². The number of nitrogens with two attached hydrogens (primary N) is 4. The van der Waals surface area contributed by atoms with Gasteiger partial charge in [-0.1, -0.05) is 80.6 Å². The Morgan fingerprint density at radius 2 is 1.38 bits per heavy atom. The zero-order valence-corrected chi connectivity index (χ0v) is 32.5. The van der Waals surface area contributed by atoms with Crippen molar-refractivity contribution >= 4 is 35.5 Å². The highest BCUT2D eigenvalue weighted by Gasteiger charge is 2.30. The SMILES string of the molecule is NCCCC[C@@H]1NC(=O)Cc2cccc(c2)CNC(=O)[C@@H](CC2CCCCC2)NC(=O)[C@H](N=C(N)N)CCCCNC(=O)[C@H](Cc2cccc(CN)c2)NC1=O. The fraction of sp³-hybridized carbons (Fsp3) is 0.561. The lowest BCUT2D eigenvalue weighted by Gasteiger charge is -2.27. The van der Waals surface area contributed by atoms with Gasteiger partial charge in [0.25, 0.3) is 0 Å². The zero-order valence-electron chi connectivity index (χ0n) is 32.5. The number of carbonyl (C=O) groups is 5. The van der Waals surface area contributed by atoms with Crippen molar-refractivity contribution in [3.8, 4) is 0 Å².